The van der Waals surface area contributed by atoms with Crippen LogP contribution in [0.4, 0.5) is 0 Å². The molecule has 1 aliphatic heterocycles. The highest BCUT2D eigenvalue weighted by molar-refractivity contribution is 7.89. The lowest BCUT2D eigenvalue weighted by Gasteiger charge is -2.18. The monoisotopic (exact) mass is 416 g/mol. The largest absolute Gasteiger partial charge is 0.496 e. The average Bonchev–Trinajstić information content (AvgIpc) is 3.26. The molecule has 0 aromatic heterocycles. The summed E-state index contributed by atoms with van der Waals surface area (Å²) in [7, 11) is -2.29. The molecule has 1 aliphatic rings. The fraction of sp³-hybridized carbons (Fsp3) is 0.409. The van der Waals surface area contributed by atoms with Crippen molar-refractivity contribution >= 4 is 15.9 Å². The zero-order valence-electron chi connectivity index (χ0n) is 17.1. The van der Waals surface area contributed by atoms with Gasteiger partial charge in [-0.1, -0.05) is 38.1 Å². The van der Waals surface area contributed by atoms with Crippen molar-refractivity contribution in [3.05, 3.63) is 59.2 Å². The molecule has 1 fully saturated rings. The van der Waals surface area contributed by atoms with Crippen molar-refractivity contribution in [1.29, 1.82) is 0 Å². The van der Waals surface area contributed by atoms with E-state index in [0.717, 1.165) is 18.4 Å². The van der Waals surface area contributed by atoms with Crippen molar-refractivity contribution in [2.24, 2.45) is 0 Å². The summed E-state index contributed by atoms with van der Waals surface area (Å²) < 4.78 is 33.5. The zero-order chi connectivity index (χ0) is 21.0. The first-order chi connectivity index (χ1) is 13.8. The minimum atomic E-state index is -3.77. The van der Waals surface area contributed by atoms with Crippen LogP contribution in [-0.4, -0.2) is 39.4 Å². The van der Waals surface area contributed by atoms with E-state index in [1.165, 1.54) is 30.9 Å². The molecule has 156 valence electrons. The number of amides is 1. The molecule has 0 saturated carbocycles. The molecule has 0 radical (unpaired) electrons. The summed E-state index contributed by atoms with van der Waals surface area (Å²) in [5.74, 6) is 0.609. The van der Waals surface area contributed by atoms with Gasteiger partial charge in [0.05, 0.1) is 17.6 Å². The van der Waals surface area contributed by atoms with Crippen LogP contribution in [0.3, 0.4) is 0 Å². The molecule has 3 rings (SSSR count). The van der Waals surface area contributed by atoms with Gasteiger partial charge < -0.3 is 9.64 Å². The Labute approximate surface area is 172 Å². The molecule has 1 N–H and O–H groups in total. The standard InChI is InChI=1S/C22H28N2O4S/c1-16(2)18-8-6-17(7-9-18)15-23-29(26,27)19-10-11-21(28-3)20(14-19)22(25)24-12-4-5-13-24/h6-11,14,16,23H,4-5,12-13,15H2,1-3H3. The summed E-state index contributed by atoms with van der Waals surface area (Å²) in [6.45, 7) is 5.78. The number of carbonyl (C=O) groups excluding carboxylic acids is 1. The number of likely N-dealkylation sites (tertiary alicyclic amines) is 1. The lowest BCUT2D eigenvalue weighted by molar-refractivity contribution is 0.0789. The SMILES string of the molecule is COc1ccc(S(=O)(=O)NCc2ccc(C(C)C)cc2)cc1C(=O)N1CCCC1. The Kier molecular flexibility index (Phi) is 6.59. The minimum absolute atomic E-state index is 0.0552. The number of sulfonamides is 1. The minimum Gasteiger partial charge on any atom is -0.496 e. The highest BCUT2D eigenvalue weighted by atomic mass is 32.2. The van der Waals surface area contributed by atoms with Crippen LogP contribution in [0.2, 0.25) is 0 Å². The van der Waals surface area contributed by atoms with Crippen LogP contribution < -0.4 is 9.46 Å². The number of nitrogens with zero attached hydrogens (tertiary/aromatic N) is 1. The first-order valence-electron chi connectivity index (χ1n) is 9.87. The third-order valence-corrected chi connectivity index (χ3v) is 6.62. The zero-order valence-corrected chi connectivity index (χ0v) is 18.0. The van der Waals surface area contributed by atoms with Gasteiger partial charge in [0.25, 0.3) is 5.91 Å². The number of rotatable bonds is 7. The third-order valence-electron chi connectivity index (χ3n) is 5.22. The summed E-state index contributed by atoms with van der Waals surface area (Å²) in [6, 6.07) is 12.3. The molecule has 0 aliphatic carbocycles. The van der Waals surface area contributed by atoms with Gasteiger partial charge in [0, 0.05) is 19.6 Å². The normalized spacial score (nSPS) is 14.4. The molecule has 0 bridgehead atoms. The fourth-order valence-corrected chi connectivity index (χ4v) is 4.44. The van der Waals surface area contributed by atoms with Gasteiger partial charge in [0.2, 0.25) is 10.0 Å². The van der Waals surface area contributed by atoms with Crippen LogP contribution in [0.5, 0.6) is 5.75 Å². The number of methoxy groups -OCH3 is 1. The van der Waals surface area contributed by atoms with E-state index >= 15 is 0 Å². The van der Waals surface area contributed by atoms with Gasteiger partial charge in [-0.05, 0) is 48.1 Å². The Morgan fingerprint density at radius 1 is 1.10 bits per heavy atom. The van der Waals surface area contributed by atoms with E-state index < -0.39 is 10.0 Å². The Balaban J connectivity index is 1.79. The van der Waals surface area contributed by atoms with Crippen molar-refractivity contribution in [2.75, 3.05) is 20.2 Å². The number of hydrogen-bond donors (Lipinski definition) is 1. The third kappa shape index (κ3) is 4.97. The first-order valence-corrected chi connectivity index (χ1v) is 11.4. The number of ether oxygens (including phenoxy) is 1. The number of nitrogens with one attached hydrogen (secondary N) is 1. The second kappa shape index (κ2) is 8.97. The quantitative estimate of drug-likeness (QED) is 0.749. The van der Waals surface area contributed by atoms with E-state index in [4.69, 9.17) is 4.74 Å². The van der Waals surface area contributed by atoms with E-state index in [1.54, 1.807) is 4.90 Å². The molecule has 2 aromatic carbocycles. The second-order valence-electron chi connectivity index (χ2n) is 7.58. The van der Waals surface area contributed by atoms with Gasteiger partial charge in [-0.15, -0.1) is 0 Å². The molecule has 1 amide bonds. The molecular formula is C22H28N2O4S. The lowest BCUT2D eigenvalue weighted by atomic mass is 10.0. The number of carbonyl (C=O) groups is 1. The van der Waals surface area contributed by atoms with E-state index in [-0.39, 0.29) is 22.9 Å². The maximum Gasteiger partial charge on any atom is 0.257 e. The smallest absolute Gasteiger partial charge is 0.257 e. The Hall–Kier alpha value is -2.38. The van der Waals surface area contributed by atoms with Crippen LogP contribution >= 0.6 is 0 Å². The second-order valence-corrected chi connectivity index (χ2v) is 9.35. The van der Waals surface area contributed by atoms with E-state index in [0.29, 0.717) is 24.8 Å². The van der Waals surface area contributed by atoms with E-state index in [2.05, 4.69) is 18.6 Å². The maximum atomic E-state index is 12.8. The molecule has 29 heavy (non-hydrogen) atoms. The van der Waals surface area contributed by atoms with E-state index in [9.17, 15) is 13.2 Å². The molecule has 0 unspecified atom stereocenters. The first kappa shape index (κ1) is 21.3. The molecule has 0 atom stereocenters. The highest BCUT2D eigenvalue weighted by Gasteiger charge is 2.25. The molecular weight excluding hydrogens is 388 g/mol. The van der Waals surface area contributed by atoms with E-state index in [1.807, 2.05) is 24.3 Å². The van der Waals surface area contributed by atoms with Crippen LogP contribution in [0.25, 0.3) is 0 Å². The van der Waals surface area contributed by atoms with Crippen LogP contribution in [-0.2, 0) is 16.6 Å². The summed E-state index contributed by atoms with van der Waals surface area (Å²) >= 11 is 0. The Morgan fingerprint density at radius 3 is 2.34 bits per heavy atom. The number of benzene rings is 2. The maximum absolute atomic E-state index is 12.8. The Morgan fingerprint density at radius 2 is 1.76 bits per heavy atom. The summed E-state index contributed by atoms with van der Waals surface area (Å²) in [5.41, 5.74) is 2.36. The van der Waals surface area contributed by atoms with Crippen LogP contribution in [0, 0.1) is 0 Å². The number of hydrogen-bond acceptors (Lipinski definition) is 4. The van der Waals surface area contributed by atoms with Crippen molar-refractivity contribution in [3.63, 3.8) is 0 Å². The molecule has 1 heterocycles. The molecule has 6 nitrogen and oxygen atoms in total. The topological polar surface area (TPSA) is 75.7 Å². The van der Waals surface area contributed by atoms with Crippen LogP contribution in [0.1, 0.15) is 54.1 Å². The van der Waals surface area contributed by atoms with Crippen molar-refractivity contribution < 1.29 is 17.9 Å². The highest BCUT2D eigenvalue weighted by Crippen LogP contribution is 2.25. The van der Waals surface area contributed by atoms with Crippen molar-refractivity contribution in [2.45, 2.75) is 44.0 Å². The summed E-state index contributed by atoms with van der Waals surface area (Å²) in [6.07, 6.45) is 1.92. The van der Waals surface area contributed by atoms with Gasteiger partial charge in [-0.2, -0.15) is 0 Å². The molecule has 7 heteroatoms. The molecule has 0 spiro atoms. The predicted octanol–water partition coefficient (Wildman–Crippen LogP) is 3.53. The van der Waals surface area contributed by atoms with Crippen LogP contribution in [0.15, 0.2) is 47.4 Å². The molecule has 1 saturated heterocycles. The van der Waals surface area contributed by atoms with Gasteiger partial charge in [-0.3, -0.25) is 4.79 Å². The predicted molar refractivity (Wildman–Crippen MR) is 113 cm³/mol. The van der Waals surface area contributed by atoms with Gasteiger partial charge in [0.15, 0.2) is 0 Å². The lowest BCUT2D eigenvalue weighted by Crippen LogP contribution is -2.29. The Bertz CT molecular complexity index is 963. The fourth-order valence-electron chi connectivity index (χ4n) is 3.39. The van der Waals surface area contributed by atoms with Crippen molar-refractivity contribution in [3.8, 4) is 5.75 Å². The molecule has 2 aromatic rings. The van der Waals surface area contributed by atoms with Gasteiger partial charge in [-0.25, -0.2) is 13.1 Å². The summed E-state index contributed by atoms with van der Waals surface area (Å²) in [5, 5.41) is 0. The van der Waals surface area contributed by atoms with Gasteiger partial charge in [0.1, 0.15) is 5.75 Å². The van der Waals surface area contributed by atoms with Gasteiger partial charge >= 0.3 is 0 Å². The summed E-state index contributed by atoms with van der Waals surface area (Å²) in [4.78, 5) is 14.6. The van der Waals surface area contributed by atoms with Crippen molar-refractivity contribution in [1.82, 2.24) is 9.62 Å². The average molecular weight is 417 g/mol.